The Labute approximate surface area is 404 Å². The maximum Gasteiger partial charge on any atom is 0.264 e. The smallest absolute Gasteiger partial charge is 0.264 e. The van der Waals surface area contributed by atoms with Gasteiger partial charge in [0.1, 0.15) is 11.2 Å². The van der Waals surface area contributed by atoms with Crippen molar-refractivity contribution in [2.45, 2.75) is 156 Å². The molecule has 0 saturated carbocycles. The van der Waals surface area contributed by atoms with E-state index in [2.05, 4.69) is 224 Å². The second-order valence-electron chi connectivity index (χ2n) is 25.8. The first-order chi connectivity index (χ1) is 31.2. The number of anilines is 6. The summed E-state index contributed by atoms with van der Waals surface area (Å²) < 4.78 is 9.78. The van der Waals surface area contributed by atoms with Crippen LogP contribution >= 0.6 is 11.3 Å². The minimum absolute atomic E-state index is 0.0218. The van der Waals surface area contributed by atoms with Crippen LogP contribution in [0.25, 0.3) is 32.0 Å². The fraction of sp³-hybridized carbons (Fsp3) is 0.387. The molecule has 2 aliphatic heterocycles. The number of rotatable bonds is 2. The van der Waals surface area contributed by atoms with Gasteiger partial charge in [0.2, 0.25) is 0 Å². The van der Waals surface area contributed by atoms with Crippen molar-refractivity contribution in [2.24, 2.45) is 0 Å². The van der Waals surface area contributed by atoms with E-state index in [4.69, 9.17) is 4.42 Å². The highest BCUT2D eigenvalue weighted by molar-refractivity contribution is 7.33. The van der Waals surface area contributed by atoms with Gasteiger partial charge in [-0.15, -0.1) is 11.3 Å². The lowest BCUT2D eigenvalue weighted by atomic mass is 9.36. The first-order valence-corrected chi connectivity index (χ1v) is 25.7. The average molecular weight is 901 g/mol. The van der Waals surface area contributed by atoms with E-state index in [-0.39, 0.29) is 39.2 Å². The summed E-state index contributed by atoms with van der Waals surface area (Å²) in [5.74, 6) is 0. The lowest BCUT2D eigenvalue weighted by molar-refractivity contribution is 0.332. The van der Waals surface area contributed by atoms with Crippen LogP contribution in [0.1, 0.15) is 157 Å². The predicted molar refractivity (Wildman–Crippen MR) is 293 cm³/mol. The molecule has 0 fully saturated rings. The van der Waals surface area contributed by atoms with Crippen molar-refractivity contribution in [3.63, 3.8) is 0 Å². The van der Waals surface area contributed by atoms with Gasteiger partial charge in [0.05, 0.1) is 16.8 Å². The molecule has 0 bridgehead atoms. The molecule has 0 spiro atoms. The molecule has 1 aliphatic carbocycles. The molecular weight excluding hydrogens is 832 g/mol. The van der Waals surface area contributed by atoms with Crippen LogP contribution in [0.4, 0.5) is 34.1 Å². The molecule has 0 unspecified atom stereocenters. The van der Waals surface area contributed by atoms with E-state index in [1.807, 2.05) is 11.3 Å². The summed E-state index contributed by atoms with van der Waals surface area (Å²) in [7, 11) is 0. The Balaban J connectivity index is 1.31. The monoisotopic (exact) mass is 901 g/mol. The van der Waals surface area contributed by atoms with Gasteiger partial charge in [0.15, 0.2) is 0 Å². The van der Waals surface area contributed by atoms with Crippen LogP contribution < -0.4 is 25.5 Å². The van der Waals surface area contributed by atoms with Crippen LogP contribution in [0.5, 0.6) is 0 Å². The van der Waals surface area contributed by atoms with Crippen LogP contribution in [-0.4, -0.2) is 6.71 Å². The summed E-state index contributed by atoms with van der Waals surface area (Å²) in [6.07, 6.45) is 2.37. The molecule has 0 N–H and O–H groups in total. The van der Waals surface area contributed by atoms with Gasteiger partial charge in [-0.1, -0.05) is 159 Å². The first-order valence-electron chi connectivity index (χ1n) is 24.8. The number of thiophene rings is 1. The van der Waals surface area contributed by atoms with Gasteiger partial charge in [0.25, 0.3) is 6.71 Å². The van der Waals surface area contributed by atoms with E-state index in [0.717, 1.165) is 22.2 Å². The number of hydrogen-bond donors (Lipinski definition) is 0. The summed E-state index contributed by atoms with van der Waals surface area (Å²) in [6.45, 7) is 38.0. The van der Waals surface area contributed by atoms with E-state index in [1.54, 1.807) is 0 Å². The highest BCUT2D eigenvalue weighted by atomic mass is 32.1. The zero-order chi connectivity index (χ0) is 47.7. The molecular formula is C62H69BN2OS. The molecule has 0 saturated heterocycles. The van der Waals surface area contributed by atoms with E-state index in [0.29, 0.717) is 0 Å². The summed E-state index contributed by atoms with van der Waals surface area (Å²) in [4.78, 5) is 5.31. The SMILES string of the molecule is CC(C)(C)c1ccc(N2c3cc(C(C)(C)C)cc4c3B(c3cc(C(C)(C)C)ccc3N4c3ccc(C(C)(C)C)c4oc5ccccc5c34)c3sc4cc5c(cc4c32)C(C)(C)CCC5(C)C)cc1. The lowest BCUT2D eigenvalue weighted by Gasteiger charge is -2.45. The highest BCUT2D eigenvalue weighted by Gasteiger charge is 2.48. The third-order valence-electron chi connectivity index (χ3n) is 15.9. The zero-order valence-corrected chi connectivity index (χ0v) is 43.8. The second-order valence-corrected chi connectivity index (χ2v) is 26.8. The Kier molecular flexibility index (Phi) is 9.35. The number of benzene rings is 6. The highest BCUT2D eigenvalue weighted by Crippen LogP contribution is 2.54. The number of hydrogen-bond acceptors (Lipinski definition) is 4. The molecule has 0 amide bonds. The van der Waals surface area contributed by atoms with Crippen LogP contribution in [0.15, 0.2) is 108 Å². The number of nitrogens with zero attached hydrogens (tertiary/aromatic N) is 2. The van der Waals surface area contributed by atoms with Gasteiger partial charge in [-0.3, -0.25) is 0 Å². The summed E-state index contributed by atoms with van der Waals surface area (Å²) in [5.41, 5.74) is 20.3. The van der Waals surface area contributed by atoms with Gasteiger partial charge in [-0.2, -0.15) is 0 Å². The van der Waals surface area contributed by atoms with E-state index < -0.39 is 0 Å². The van der Waals surface area contributed by atoms with Gasteiger partial charge in [-0.25, -0.2) is 0 Å². The molecule has 3 aliphatic rings. The Morgan fingerprint density at radius 2 is 1.12 bits per heavy atom. The third kappa shape index (κ3) is 6.71. The van der Waals surface area contributed by atoms with Crippen molar-refractivity contribution in [3.8, 4) is 0 Å². The fourth-order valence-corrected chi connectivity index (χ4v) is 13.0. The molecule has 67 heavy (non-hydrogen) atoms. The van der Waals surface area contributed by atoms with E-state index in [1.165, 1.54) is 106 Å². The molecule has 3 nitrogen and oxygen atoms in total. The van der Waals surface area contributed by atoms with Crippen molar-refractivity contribution in [1.82, 2.24) is 0 Å². The second kappa shape index (κ2) is 14.2. The van der Waals surface area contributed by atoms with Gasteiger partial charge >= 0.3 is 0 Å². The predicted octanol–water partition coefficient (Wildman–Crippen LogP) is 16.4. The Hall–Kier alpha value is -5.26. The third-order valence-corrected chi connectivity index (χ3v) is 17.1. The number of fused-ring (bicyclic) bond motifs is 10. The Morgan fingerprint density at radius 1 is 0.537 bits per heavy atom. The van der Waals surface area contributed by atoms with Crippen LogP contribution in [-0.2, 0) is 32.5 Å². The fourth-order valence-electron chi connectivity index (χ4n) is 11.7. The maximum absolute atomic E-state index is 6.96. The van der Waals surface area contributed by atoms with Crippen molar-refractivity contribution in [2.75, 3.05) is 9.80 Å². The molecule has 5 heteroatoms. The number of furan rings is 1. The minimum Gasteiger partial charge on any atom is -0.456 e. The van der Waals surface area contributed by atoms with Crippen molar-refractivity contribution in [1.29, 1.82) is 0 Å². The van der Waals surface area contributed by atoms with Crippen molar-refractivity contribution < 1.29 is 4.42 Å². The van der Waals surface area contributed by atoms with Gasteiger partial charge < -0.3 is 14.2 Å². The normalized spacial score (nSPS) is 16.7. The topological polar surface area (TPSA) is 19.6 Å². The van der Waals surface area contributed by atoms with Crippen LogP contribution in [0.2, 0.25) is 0 Å². The van der Waals surface area contributed by atoms with Crippen molar-refractivity contribution >= 4 is 99.9 Å². The Morgan fingerprint density at radius 3 is 1.75 bits per heavy atom. The van der Waals surface area contributed by atoms with Crippen LogP contribution in [0.3, 0.4) is 0 Å². The maximum atomic E-state index is 6.96. The van der Waals surface area contributed by atoms with Gasteiger partial charge in [0, 0.05) is 48.6 Å². The quantitative estimate of drug-likeness (QED) is 0.161. The summed E-state index contributed by atoms with van der Waals surface area (Å²) in [6, 6.07) is 40.7. The molecule has 8 aromatic rings. The minimum atomic E-state index is -0.135. The molecule has 11 rings (SSSR count). The Bertz CT molecular complexity index is 3350. The number of para-hydroxylation sites is 1. The van der Waals surface area contributed by atoms with Gasteiger partial charge in [-0.05, 0) is 139 Å². The molecule has 4 heterocycles. The standard InChI is InChI=1S/C62H69BN2OS/c1-57(2,3)36-21-24-39(25-22-36)64-48-32-38(59(7,8)9)33-49-53(48)63(56-54(64)41-34-43-44(35-51(41)67-56)62(15,16)30-29-61(43,13)14)45-31-37(58(4,5)6)23-27-46(45)65(49)47-28-26-42(60(10,11)12)55-52(47)40-19-17-18-20-50(40)66-55/h17-28,31-35H,29-30H2,1-16H3. The largest absolute Gasteiger partial charge is 0.456 e. The summed E-state index contributed by atoms with van der Waals surface area (Å²) >= 11 is 2.04. The zero-order valence-electron chi connectivity index (χ0n) is 43.0. The van der Waals surface area contributed by atoms with E-state index in [9.17, 15) is 0 Å². The molecule has 2 aromatic heterocycles. The van der Waals surface area contributed by atoms with E-state index >= 15 is 0 Å². The van der Waals surface area contributed by atoms with Crippen molar-refractivity contribution in [3.05, 3.63) is 137 Å². The van der Waals surface area contributed by atoms with Crippen LogP contribution in [0, 0.1) is 0 Å². The average Bonchev–Trinajstić information content (AvgIpc) is 3.82. The molecule has 342 valence electrons. The lowest BCUT2D eigenvalue weighted by Crippen LogP contribution is -2.60. The first kappa shape index (κ1) is 44.3. The summed E-state index contributed by atoms with van der Waals surface area (Å²) in [5, 5.41) is 3.70. The molecule has 0 radical (unpaired) electrons. The molecule has 6 aromatic carbocycles. The molecule has 0 atom stereocenters.